The minimum absolute atomic E-state index is 0.0767. The summed E-state index contributed by atoms with van der Waals surface area (Å²) in [4.78, 5) is 30.0. The van der Waals surface area contributed by atoms with Crippen LogP contribution in [0.4, 0.5) is 0 Å². The van der Waals surface area contributed by atoms with E-state index in [4.69, 9.17) is 0 Å². The summed E-state index contributed by atoms with van der Waals surface area (Å²) >= 11 is 1.30. The molecule has 2 amide bonds. The molecule has 8 nitrogen and oxygen atoms in total. The fraction of sp³-hybridized carbons (Fsp3) is 0.462. The summed E-state index contributed by atoms with van der Waals surface area (Å²) < 4.78 is 28.5. The van der Waals surface area contributed by atoms with Gasteiger partial charge in [-0.15, -0.1) is 11.3 Å². The summed E-state index contributed by atoms with van der Waals surface area (Å²) in [7, 11) is -4.02. The van der Waals surface area contributed by atoms with Crippen molar-refractivity contribution in [1.82, 2.24) is 19.0 Å². The monoisotopic (exact) mass is 356 g/mol. The molecule has 1 saturated heterocycles. The van der Waals surface area contributed by atoms with Crippen molar-refractivity contribution in [1.29, 1.82) is 0 Å². The van der Waals surface area contributed by atoms with Crippen LogP contribution in [0.2, 0.25) is 0 Å². The van der Waals surface area contributed by atoms with Crippen LogP contribution >= 0.6 is 11.3 Å². The number of sulfonamides is 1. The van der Waals surface area contributed by atoms with Gasteiger partial charge in [0.05, 0.1) is 11.6 Å². The molecule has 3 heterocycles. The van der Waals surface area contributed by atoms with Gasteiger partial charge in [0.25, 0.3) is 10.0 Å². The maximum atomic E-state index is 12.5. The Bertz CT molecular complexity index is 885. The lowest BCUT2D eigenvalue weighted by Gasteiger charge is -2.22. The maximum absolute atomic E-state index is 12.5. The highest BCUT2D eigenvalue weighted by Gasteiger charge is 2.43. The molecule has 124 valence electrons. The van der Waals surface area contributed by atoms with Gasteiger partial charge in [-0.1, -0.05) is 0 Å². The molecule has 0 saturated carbocycles. The van der Waals surface area contributed by atoms with E-state index in [1.165, 1.54) is 28.9 Å². The molecule has 1 N–H and O–H groups in total. The van der Waals surface area contributed by atoms with Gasteiger partial charge in [0, 0.05) is 31.6 Å². The van der Waals surface area contributed by atoms with E-state index in [-0.39, 0.29) is 17.5 Å². The van der Waals surface area contributed by atoms with Crippen molar-refractivity contribution < 1.29 is 18.0 Å². The van der Waals surface area contributed by atoms with Crippen molar-refractivity contribution in [3.8, 4) is 0 Å². The number of amides is 2. The molecular weight excluding hydrogens is 340 g/mol. The molecular formula is C13H16N4O4S2. The summed E-state index contributed by atoms with van der Waals surface area (Å²) in [6.07, 6.45) is 3.23. The third-order valence-corrected chi connectivity index (χ3v) is 6.16. The van der Waals surface area contributed by atoms with Gasteiger partial charge in [0.1, 0.15) is 0 Å². The zero-order chi connectivity index (χ0) is 16.8. The Morgan fingerprint density at radius 2 is 2.17 bits per heavy atom. The van der Waals surface area contributed by atoms with Crippen LogP contribution in [0.25, 0.3) is 4.96 Å². The van der Waals surface area contributed by atoms with Gasteiger partial charge in [0.2, 0.25) is 11.8 Å². The van der Waals surface area contributed by atoms with Gasteiger partial charge in [-0.25, -0.2) is 9.71 Å². The predicted molar refractivity (Wildman–Crippen MR) is 83.4 cm³/mol. The Hall–Kier alpha value is -1.94. The van der Waals surface area contributed by atoms with Gasteiger partial charge < -0.3 is 4.90 Å². The van der Waals surface area contributed by atoms with E-state index in [1.54, 1.807) is 23.4 Å². The van der Waals surface area contributed by atoms with E-state index in [9.17, 15) is 18.0 Å². The van der Waals surface area contributed by atoms with E-state index >= 15 is 0 Å². The summed E-state index contributed by atoms with van der Waals surface area (Å²) in [5.41, 5.74) is -0.919. The number of carbonyl (C=O) groups is 2. The van der Waals surface area contributed by atoms with Crippen LogP contribution in [0.3, 0.4) is 0 Å². The number of nitrogens with one attached hydrogen (secondary N) is 1. The summed E-state index contributed by atoms with van der Waals surface area (Å²) in [6.45, 7) is 3.75. The molecule has 2 aromatic rings. The van der Waals surface area contributed by atoms with Crippen molar-refractivity contribution in [3.63, 3.8) is 0 Å². The second-order valence-corrected chi connectivity index (χ2v) is 8.34. The van der Waals surface area contributed by atoms with E-state index in [2.05, 4.69) is 9.71 Å². The van der Waals surface area contributed by atoms with Crippen molar-refractivity contribution in [2.75, 3.05) is 13.1 Å². The molecule has 0 aliphatic carbocycles. The van der Waals surface area contributed by atoms with E-state index in [0.29, 0.717) is 17.9 Å². The number of thiazole rings is 1. The molecule has 1 fully saturated rings. The summed E-state index contributed by atoms with van der Waals surface area (Å²) in [6, 6.07) is 0. The van der Waals surface area contributed by atoms with Gasteiger partial charge in [-0.05, 0) is 13.3 Å². The molecule has 1 aliphatic rings. The number of likely N-dealkylation sites (tertiary alicyclic amines) is 1. The SMILES string of the molecule is CC(=O)N1CCC(C)(C(=O)NS(=O)(=O)c2cnc3sccn23)C1. The molecule has 0 aromatic carbocycles. The zero-order valence-electron chi connectivity index (χ0n) is 12.6. The largest absolute Gasteiger partial charge is 0.342 e. The topological polar surface area (TPSA) is 101 Å². The van der Waals surface area contributed by atoms with Crippen molar-refractivity contribution >= 4 is 38.1 Å². The molecule has 0 spiro atoms. The fourth-order valence-corrected chi connectivity index (χ4v) is 4.56. The third kappa shape index (κ3) is 2.72. The molecule has 0 bridgehead atoms. The highest BCUT2D eigenvalue weighted by Crippen LogP contribution is 2.30. The number of nitrogens with zero attached hydrogens (tertiary/aromatic N) is 3. The molecule has 2 aromatic heterocycles. The lowest BCUT2D eigenvalue weighted by molar-refractivity contribution is -0.130. The number of hydrogen-bond donors (Lipinski definition) is 1. The second-order valence-electron chi connectivity index (χ2n) is 5.84. The lowest BCUT2D eigenvalue weighted by Crippen LogP contribution is -2.44. The second kappa shape index (κ2) is 5.31. The number of imidazole rings is 1. The van der Waals surface area contributed by atoms with Gasteiger partial charge in [0.15, 0.2) is 9.99 Å². The molecule has 0 radical (unpaired) electrons. The molecule has 1 unspecified atom stereocenters. The predicted octanol–water partition coefficient (Wildman–Crippen LogP) is 0.459. The van der Waals surface area contributed by atoms with Crippen LogP contribution in [-0.2, 0) is 19.6 Å². The lowest BCUT2D eigenvalue weighted by atomic mass is 9.89. The number of aromatic nitrogens is 2. The van der Waals surface area contributed by atoms with Crippen LogP contribution in [0.15, 0.2) is 22.8 Å². The Kier molecular flexibility index (Phi) is 3.68. The number of carbonyl (C=O) groups excluding carboxylic acids is 2. The van der Waals surface area contributed by atoms with Crippen LogP contribution in [-0.4, -0.2) is 47.6 Å². The molecule has 1 aliphatic heterocycles. The summed E-state index contributed by atoms with van der Waals surface area (Å²) in [5, 5.41) is 1.64. The fourth-order valence-electron chi connectivity index (χ4n) is 2.62. The van der Waals surface area contributed by atoms with Crippen molar-refractivity contribution in [2.24, 2.45) is 5.41 Å². The van der Waals surface area contributed by atoms with Crippen LogP contribution in [0.1, 0.15) is 20.3 Å². The standard InChI is InChI=1S/C13H16N4O4S2/c1-9(18)16-4-3-13(2,8-16)11(19)15-23(20,21)10-7-14-12-17(10)5-6-22-12/h5-7H,3-4,8H2,1-2H3,(H,15,19). The van der Waals surface area contributed by atoms with Gasteiger partial charge in [-0.3, -0.25) is 14.0 Å². The normalized spacial score (nSPS) is 21.7. The van der Waals surface area contributed by atoms with Gasteiger partial charge in [-0.2, -0.15) is 8.42 Å². The third-order valence-electron chi connectivity index (χ3n) is 4.08. The average molecular weight is 356 g/mol. The summed E-state index contributed by atoms with van der Waals surface area (Å²) in [5.74, 6) is -0.730. The average Bonchev–Trinajstić information content (AvgIpc) is 3.11. The number of rotatable bonds is 3. The first-order valence-electron chi connectivity index (χ1n) is 6.96. The number of hydrogen-bond acceptors (Lipinski definition) is 6. The van der Waals surface area contributed by atoms with E-state index in [1.807, 2.05) is 0 Å². The highest BCUT2D eigenvalue weighted by atomic mass is 32.2. The highest BCUT2D eigenvalue weighted by molar-refractivity contribution is 7.90. The molecule has 10 heteroatoms. The van der Waals surface area contributed by atoms with Crippen LogP contribution < -0.4 is 4.72 Å². The smallest absolute Gasteiger partial charge is 0.281 e. The molecule has 3 rings (SSSR count). The van der Waals surface area contributed by atoms with E-state index < -0.39 is 21.3 Å². The van der Waals surface area contributed by atoms with Crippen LogP contribution in [0, 0.1) is 5.41 Å². The Balaban J connectivity index is 1.82. The Labute approximate surface area is 137 Å². The van der Waals surface area contributed by atoms with E-state index in [0.717, 1.165) is 0 Å². The maximum Gasteiger partial charge on any atom is 0.281 e. The quantitative estimate of drug-likeness (QED) is 0.861. The zero-order valence-corrected chi connectivity index (χ0v) is 14.3. The minimum atomic E-state index is -4.02. The van der Waals surface area contributed by atoms with Crippen molar-refractivity contribution in [3.05, 3.63) is 17.8 Å². The van der Waals surface area contributed by atoms with Crippen LogP contribution in [0.5, 0.6) is 0 Å². The minimum Gasteiger partial charge on any atom is -0.342 e. The first-order valence-corrected chi connectivity index (χ1v) is 9.32. The molecule has 1 atom stereocenters. The first kappa shape index (κ1) is 15.9. The van der Waals surface area contributed by atoms with Crippen molar-refractivity contribution in [2.45, 2.75) is 25.3 Å². The Morgan fingerprint density at radius 1 is 1.43 bits per heavy atom. The first-order chi connectivity index (χ1) is 10.7. The molecule has 23 heavy (non-hydrogen) atoms. The van der Waals surface area contributed by atoms with Gasteiger partial charge >= 0.3 is 0 Å². The number of fused-ring (bicyclic) bond motifs is 1. The Morgan fingerprint density at radius 3 is 2.83 bits per heavy atom.